The van der Waals surface area contributed by atoms with Crippen LogP contribution < -0.4 is 10.1 Å². The summed E-state index contributed by atoms with van der Waals surface area (Å²) < 4.78 is 30.5. The Morgan fingerprint density at radius 3 is 2.44 bits per heavy atom. The molecule has 1 amide bonds. The molecular formula is C18H18F2N4O2S. The maximum absolute atomic E-state index is 12.6. The third-order valence-corrected chi connectivity index (χ3v) is 4.99. The number of alkyl halides is 2. The molecule has 0 atom stereocenters. The van der Waals surface area contributed by atoms with Crippen molar-refractivity contribution in [3.05, 3.63) is 46.1 Å². The van der Waals surface area contributed by atoms with Gasteiger partial charge in [0.25, 0.3) is 5.91 Å². The normalized spacial score (nSPS) is 11.1. The number of rotatable bonds is 5. The zero-order chi connectivity index (χ0) is 19.7. The van der Waals surface area contributed by atoms with Crippen LogP contribution in [0.3, 0.4) is 0 Å². The number of amides is 1. The van der Waals surface area contributed by atoms with Crippen LogP contribution in [0, 0.1) is 20.8 Å². The minimum Gasteiger partial charge on any atom is -0.435 e. The summed E-state index contributed by atoms with van der Waals surface area (Å²) in [5.41, 5.74) is 3.38. The van der Waals surface area contributed by atoms with Gasteiger partial charge in [-0.2, -0.15) is 13.9 Å². The quantitative estimate of drug-likeness (QED) is 0.702. The number of hydrogen-bond donors (Lipinski definition) is 1. The van der Waals surface area contributed by atoms with Crippen LogP contribution in [0.15, 0.2) is 24.3 Å². The van der Waals surface area contributed by atoms with Crippen LogP contribution in [0.25, 0.3) is 11.3 Å². The predicted molar refractivity (Wildman–Crippen MR) is 99.6 cm³/mol. The number of nitrogens with one attached hydrogen (secondary N) is 1. The Bertz CT molecular complexity index is 980. The molecule has 0 fully saturated rings. The van der Waals surface area contributed by atoms with Gasteiger partial charge in [-0.05, 0) is 45.0 Å². The molecule has 1 N–H and O–H groups in total. The molecule has 1 aromatic carbocycles. The third kappa shape index (κ3) is 3.97. The fraction of sp³-hybridized carbons (Fsp3) is 0.278. The minimum absolute atomic E-state index is 0.0812. The van der Waals surface area contributed by atoms with Crippen LogP contribution in [-0.2, 0) is 7.05 Å². The SMILES string of the molecule is Cc1nn(C)c(C)c1C(=O)Nc1nc(-c2ccc(OC(F)F)cc2)c(C)s1. The van der Waals surface area contributed by atoms with Crippen LogP contribution in [-0.4, -0.2) is 27.3 Å². The van der Waals surface area contributed by atoms with Gasteiger partial charge in [0.1, 0.15) is 5.75 Å². The zero-order valence-corrected chi connectivity index (χ0v) is 16.0. The number of carbonyl (C=O) groups excluding carboxylic acids is 1. The molecule has 0 aliphatic carbocycles. The molecule has 27 heavy (non-hydrogen) atoms. The monoisotopic (exact) mass is 392 g/mol. The maximum Gasteiger partial charge on any atom is 0.387 e. The molecule has 0 unspecified atom stereocenters. The highest BCUT2D eigenvalue weighted by atomic mass is 32.1. The van der Waals surface area contributed by atoms with E-state index in [1.54, 1.807) is 30.8 Å². The summed E-state index contributed by atoms with van der Waals surface area (Å²) in [4.78, 5) is 18.0. The van der Waals surface area contributed by atoms with Crippen molar-refractivity contribution in [2.24, 2.45) is 7.05 Å². The lowest BCUT2D eigenvalue weighted by atomic mass is 10.1. The number of benzene rings is 1. The topological polar surface area (TPSA) is 69.0 Å². The number of aromatic nitrogens is 3. The smallest absolute Gasteiger partial charge is 0.387 e. The largest absolute Gasteiger partial charge is 0.435 e. The van der Waals surface area contributed by atoms with Crippen molar-refractivity contribution in [2.45, 2.75) is 27.4 Å². The fourth-order valence-electron chi connectivity index (χ4n) is 2.77. The Balaban J connectivity index is 1.81. The first-order chi connectivity index (χ1) is 12.8. The van der Waals surface area contributed by atoms with Crippen molar-refractivity contribution in [3.8, 4) is 17.0 Å². The Morgan fingerprint density at radius 1 is 1.22 bits per heavy atom. The Kier molecular flexibility index (Phi) is 5.22. The Labute approximate surface area is 158 Å². The average Bonchev–Trinajstić information content (AvgIpc) is 3.06. The van der Waals surface area contributed by atoms with Crippen LogP contribution in [0.2, 0.25) is 0 Å². The third-order valence-electron chi connectivity index (χ3n) is 4.11. The number of hydrogen-bond acceptors (Lipinski definition) is 5. The van der Waals surface area contributed by atoms with Crippen LogP contribution in [0.1, 0.15) is 26.6 Å². The molecular weight excluding hydrogens is 374 g/mol. The first-order valence-electron chi connectivity index (χ1n) is 8.10. The van der Waals surface area contributed by atoms with Gasteiger partial charge in [0.05, 0.1) is 17.0 Å². The van der Waals surface area contributed by atoms with Gasteiger partial charge >= 0.3 is 6.61 Å². The van der Waals surface area contributed by atoms with Gasteiger partial charge in [0.15, 0.2) is 5.13 Å². The summed E-state index contributed by atoms with van der Waals surface area (Å²) >= 11 is 1.34. The lowest BCUT2D eigenvalue weighted by Gasteiger charge is -2.05. The predicted octanol–water partition coefficient (Wildman–Crippen LogP) is 4.32. The molecule has 9 heteroatoms. The molecule has 0 aliphatic rings. The van der Waals surface area contributed by atoms with Gasteiger partial charge in [-0.15, -0.1) is 11.3 Å². The minimum atomic E-state index is -2.86. The van der Waals surface area contributed by atoms with E-state index in [1.165, 1.54) is 23.5 Å². The van der Waals surface area contributed by atoms with E-state index < -0.39 is 6.61 Å². The van der Waals surface area contributed by atoms with Crippen LogP contribution in [0.5, 0.6) is 5.75 Å². The van der Waals surface area contributed by atoms with E-state index in [2.05, 4.69) is 20.1 Å². The van der Waals surface area contributed by atoms with Crippen molar-refractivity contribution >= 4 is 22.4 Å². The van der Waals surface area contributed by atoms with Gasteiger partial charge in [-0.1, -0.05) is 0 Å². The molecule has 3 aromatic rings. The summed E-state index contributed by atoms with van der Waals surface area (Å²) in [6.45, 7) is 2.63. The number of ether oxygens (including phenoxy) is 1. The number of aryl methyl sites for hydroxylation is 3. The van der Waals surface area contributed by atoms with Crippen molar-refractivity contribution in [3.63, 3.8) is 0 Å². The number of nitrogens with zero attached hydrogens (tertiary/aromatic N) is 3. The zero-order valence-electron chi connectivity index (χ0n) is 15.2. The summed E-state index contributed by atoms with van der Waals surface area (Å²) in [7, 11) is 1.78. The number of anilines is 1. The van der Waals surface area contributed by atoms with Crippen molar-refractivity contribution in [1.82, 2.24) is 14.8 Å². The number of halogens is 2. The van der Waals surface area contributed by atoms with E-state index >= 15 is 0 Å². The standard InChI is InChI=1S/C18H18F2N4O2S/c1-9-14(10(2)24(4)23-9)16(25)22-18-21-15(11(3)27-18)12-5-7-13(8-6-12)26-17(19)20/h5-8,17H,1-4H3,(H,21,22,25). The molecule has 142 valence electrons. The first-order valence-corrected chi connectivity index (χ1v) is 8.92. The first kappa shape index (κ1) is 19.0. The highest BCUT2D eigenvalue weighted by Crippen LogP contribution is 2.32. The maximum atomic E-state index is 12.6. The second-order valence-electron chi connectivity index (χ2n) is 5.95. The molecule has 0 aliphatic heterocycles. The molecule has 2 heterocycles. The summed E-state index contributed by atoms with van der Waals surface area (Å²) in [5.74, 6) is -0.184. The second-order valence-corrected chi connectivity index (χ2v) is 7.15. The summed E-state index contributed by atoms with van der Waals surface area (Å²) in [5, 5.41) is 7.52. The van der Waals surface area contributed by atoms with Crippen molar-refractivity contribution in [1.29, 1.82) is 0 Å². The molecule has 0 spiro atoms. The highest BCUT2D eigenvalue weighted by molar-refractivity contribution is 7.16. The molecule has 3 rings (SSSR count). The van der Waals surface area contributed by atoms with E-state index in [0.717, 1.165) is 16.1 Å². The van der Waals surface area contributed by atoms with Crippen molar-refractivity contribution < 1.29 is 18.3 Å². The van der Waals surface area contributed by atoms with Gasteiger partial charge < -0.3 is 4.74 Å². The lowest BCUT2D eigenvalue weighted by molar-refractivity contribution is -0.0498. The van der Waals surface area contributed by atoms with Crippen LogP contribution >= 0.6 is 11.3 Å². The van der Waals surface area contributed by atoms with E-state index in [-0.39, 0.29) is 11.7 Å². The van der Waals surface area contributed by atoms with Crippen molar-refractivity contribution in [2.75, 3.05) is 5.32 Å². The van der Waals surface area contributed by atoms with E-state index in [1.807, 2.05) is 13.8 Å². The lowest BCUT2D eigenvalue weighted by Crippen LogP contribution is -2.13. The molecule has 0 radical (unpaired) electrons. The highest BCUT2D eigenvalue weighted by Gasteiger charge is 2.19. The fourth-order valence-corrected chi connectivity index (χ4v) is 3.60. The number of carbonyl (C=O) groups is 1. The number of thiazole rings is 1. The molecule has 2 aromatic heterocycles. The second kappa shape index (κ2) is 7.43. The molecule has 0 bridgehead atoms. The van der Waals surface area contributed by atoms with E-state index in [0.29, 0.717) is 22.1 Å². The van der Waals surface area contributed by atoms with Gasteiger partial charge in [0, 0.05) is 23.2 Å². The van der Waals surface area contributed by atoms with E-state index in [9.17, 15) is 13.6 Å². The molecule has 0 saturated carbocycles. The van der Waals surface area contributed by atoms with Gasteiger partial charge in [0.2, 0.25) is 0 Å². The van der Waals surface area contributed by atoms with Gasteiger partial charge in [-0.25, -0.2) is 4.98 Å². The Morgan fingerprint density at radius 2 is 1.89 bits per heavy atom. The molecule has 0 saturated heterocycles. The molecule has 6 nitrogen and oxygen atoms in total. The Hall–Kier alpha value is -2.81. The summed E-state index contributed by atoms with van der Waals surface area (Å²) in [6.07, 6.45) is 0. The summed E-state index contributed by atoms with van der Waals surface area (Å²) in [6, 6.07) is 6.23. The van der Waals surface area contributed by atoms with Gasteiger partial charge in [-0.3, -0.25) is 14.8 Å². The average molecular weight is 392 g/mol. The van der Waals surface area contributed by atoms with E-state index in [4.69, 9.17) is 0 Å². The van der Waals surface area contributed by atoms with Crippen LogP contribution in [0.4, 0.5) is 13.9 Å².